The Morgan fingerprint density at radius 2 is 2.25 bits per heavy atom. The topological polar surface area (TPSA) is 84.2 Å². The number of hydrogen-bond donors (Lipinski definition) is 2. The first-order chi connectivity index (χ1) is 7.45. The normalized spacial score (nSPS) is 13.9. The molecular weight excluding hydrogens is 230 g/mol. The smallest absolute Gasteiger partial charge is 0.215 e. The van der Waals surface area contributed by atoms with Crippen molar-refractivity contribution in [3.05, 3.63) is 17.5 Å². The second-order valence-electron chi connectivity index (χ2n) is 3.67. The number of rotatable bonds is 6. The van der Waals surface area contributed by atoms with Crippen molar-refractivity contribution in [1.82, 2.24) is 15.2 Å². The van der Waals surface area contributed by atoms with Gasteiger partial charge >= 0.3 is 0 Å². The van der Waals surface area contributed by atoms with E-state index in [1.54, 1.807) is 27.0 Å². The van der Waals surface area contributed by atoms with Crippen LogP contribution >= 0.6 is 0 Å². The van der Waals surface area contributed by atoms with Gasteiger partial charge in [0, 0.05) is 12.6 Å². The van der Waals surface area contributed by atoms with Gasteiger partial charge in [-0.3, -0.25) is 0 Å². The summed E-state index contributed by atoms with van der Waals surface area (Å²) in [5, 5.41) is 6.01. The Kier molecular flexibility index (Phi) is 4.45. The number of nitrogens with one attached hydrogen (secondary N) is 2. The minimum Gasteiger partial charge on any atom is -0.360 e. The zero-order valence-corrected chi connectivity index (χ0v) is 10.5. The first kappa shape index (κ1) is 13.1. The largest absolute Gasteiger partial charge is 0.360 e. The summed E-state index contributed by atoms with van der Waals surface area (Å²) in [6.07, 6.45) is 0. The van der Waals surface area contributed by atoms with Gasteiger partial charge in [0.1, 0.15) is 0 Å². The summed E-state index contributed by atoms with van der Waals surface area (Å²) < 4.78 is 30.8. The van der Waals surface area contributed by atoms with E-state index in [0.29, 0.717) is 12.3 Å². The van der Waals surface area contributed by atoms with Crippen molar-refractivity contribution in [2.75, 3.05) is 13.6 Å². The van der Waals surface area contributed by atoms with Gasteiger partial charge in [-0.1, -0.05) is 5.16 Å². The fourth-order valence-corrected chi connectivity index (χ4v) is 2.22. The van der Waals surface area contributed by atoms with Gasteiger partial charge in [-0.2, -0.15) is 0 Å². The predicted octanol–water partition coefficient (Wildman–Crippen LogP) is 0.0103. The van der Waals surface area contributed by atoms with Crippen LogP contribution in [-0.2, 0) is 16.6 Å². The SMILES string of the molecule is CNCC(C)S(=O)(=O)NCc1cc(C)no1. The summed E-state index contributed by atoms with van der Waals surface area (Å²) in [5.41, 5.74) is 0.734. The molecule has 1 heterocycles. The number of aryl methyl sites for hydroxylation is 1. The standard InChI is InChI=1S/C9H17N3O3S/c1-7-4-9(15-12-7)6-11-16(13,14)8(2)5-10-3/h4,8,10-11H,5-6H2,1-3H3. The molecule has 1 atom stereocenters. The molecule has 1 unspecified atom stereocenters. The monoisotopic (exact) mass is 247 g/mol. The molecule has 1 rings (SSSR count). The van der Waals surface area contributed by atoms with E-state index in [9.17, 15) is 8.42 Å². The molecule has 0 aromatic carbocycles. The molecule has 0 saturated carbocycles. The first-order valence-corrected chi connectivity index (χ1v) is 6.55. The van der Waals surface area contributed by atoms with E-state index < -0.39 is 15.3 Å². The van der Waals surface area contributed by atoms with Crippen LogP contribution in [0.25, 0.3) is 0 Å². The van der Waals surface area contributed by atoms with E-state index in [0.717, 1.165) is 5.69 Å². The third-order valence-electron chi connectivity index (χ3n) is 2.15. The average molecular weight is 247 g/mol. The lowest BCUT2D eigenvalue weighted by Gasteiger charge is -2.12. The van der Waals surface area contributed by atoms with Crippen LogP contribution in [0.5, 0.6) is 0 Å². The average Bonchev–Trinajstić information content (AvgIpc) is 2.62. The van der Waals surface area contributed by atoms with Crippen molar-refractivity contribution in [3.63, 3.8) is 0 Å². The van der Waals surface area contributed by atoms with Gasteiger partial charge in [0.05, 0.1) is 17.5 Å². The lowest BCUT2D eigenvalue weighted by molar-refractivity contribution is 0.376. The molecule has 6 nitrogen and oxygen atoms in total. The highest BCUT2D eigenvalue weighted by Gasteiger charge is 2.19. The van der Waals surface area contributed by atoms with E-state index in [4.69, 9.17) is 4.52 Å². The quantitative estimate of drug-likeness (QED) is 0.740. The van der Waals surface area contributed by atoms with Crippen LogP contribution < -0.4 is 10.0 Å². The highest BCUT2D eigenvalue weighted by Crippen LogP contribution is 2.04. The van der Waals surface area contributed by atoms with Crippen LogP contribution in [0.1, 0.15) is 18.4 Å². The zero-order chi connectivity index (χ0) is 12.2. The van der Waals surface area contributed by atoms with Crippen molar-refractivity contribution in [2.24, 2.45) is 0 Å². The minimum atomic E-state index is -3.31. The maximum Gasteiger partial charge on any atom is 0.215 e. The third-order valence-corrected chi connectivity index (χ3v) is 3.92. The Morgan fingerprint density at radius 1 is 1.56 bits per heavy atom. The second kappa shape index (κ2) is 5.42. The Bertz CT molecular complexity index is 427. The molecule has 0 aliphatic rings. The summed E-state index contributed by atoms with van der Waals surface area (Å²) in [6.45, 7) is 3.97. The molecule has 16 heavy (non-hydrogen) atoms. The molecule has 1 aromatic heterocycles. The lowest BCUT2D eigenvalue weighted by Crippen LogP contribution is -2.37. The number of hydrogen-bond acceptors (Lipinski definition) is 5. The molecule has 92 valence electrons. The van der Waals surface area contributed by atoms with Crippen LogP contribution in [0.4, 0.5) is 0 Å². The van der Waals surface area contributed by atoms with Crippen LogP contribution in [0, 0.1) is 6.92 Å². The van der Waals surface area contributed by atoms with Gasteiger partial charge in [-0.15, -0.1) is 0 Å². The van der Waals surface area contributed by atoms with Crippen LogP contribution in [-0.4, -0.2) is 32.4 Å². The molecule has 0 radical (unpaired) electrons. The number of aromatic nitrogens is 1. The predicted molar refractivity (Wildman–Crippen MR) is 60.4 cm³/mol. The highest BCUT2D eigenvalue weighted by molar-refractivity contribution is 7.90. The summed E-state index contributed by atoms with van der Waals surface area (Å²) in [6, 6.07) is 1.70. The Balaban J connectivity index is 2.54. The summed E-state index contributed by atoms with van der Waals surface area (Å²) in [5.74, 6) is 0.512. The van der Waals surface area contributed by atoms with E-state index in [-0.39, 0.29) is 6.54 Å². The second-order valence-corrected chi connectivity index (χ2v) is 5.85. The van der Waals surface area contributed by atoms with Crippen molar-refractivity contribution < 1.29 is 12.9 Å². The molecule has 0 bridgehead atoms. The third kappa shape index (κ3) is 3.58. The van der Waals surface area contributed by atoms with Gasteiger partial charge in [0.2, 0.25) is 10.0 Å². The number of sulfonamides is 1. The van der Waals surface area contributed by atoms with Crippen molar-refractivity contribution in [3.8, 4) is 0 Å². The van der Waals surface area contributed by atoms with E-state index in [2.05, 4.69) is 15.2 Å². The van der Waals surface area contributed by atoms with Crippen LogP contribution in [0.15, 0.2) is 10.6 Å². The zero-order valence-electron chi connectivity index (χ0n) is 9.65. The van der Waals surface area contributed by atoms with Crippen molar-refractivity contribution >= 4 is 10.0 Å². The molecule has 0 fully saturated rings. The van der Waals surface area contributed by atoms with Gasteiger partial charge in [-0.05, 0) is 20.9 Å². The van der Waals surface area contributed by atoms with Crippen molar-refractivity contribution in [2.45, 2.75) is 25.6 Å². The van der Waals surface area contributed by atoms with Crippen LogP contribution in [0.3, 0.4) is 0 Å². The van der Waals surface area contributed by atoms with Gasteiger partial charge < -0.3 is 9.84 Å². The fraction of sp³-hybridized carbons (Fsp3) is 0.667. The molecule has 0 spiro atoms. The van der Waals surface area contributed by atoms with Gasteiger partial charge in [0.25, 0.3) is 0 Å². The lowest BCUT2D eigenvalue weighted by atomic mass is 10.4. The number of nitrogens with zero attached hydrogens (tertiary/aromatic N) is 1. The molecule has 7 heteroatoms. The summed E-state index contributed by atoms with van der Waals surface area (Å²) in [4.78, 5) is 0. The Hall–Kier alpha value is -0.920. The summed E-state index contributed by atoms with van der Waals surface area (Å²) >= 11 is 0. The van der Waals surface area contributed by atoms with Gasteiger partial charge in [-0.25, -0.2) is 13.1 Å². The maximum atomic E-state index is 11.7. The van der Waals surface area contributed by atoms with Gasteiger partial charge in [0.15, 0.2) is 5.76 Å². The summed E-state index contributed by atoms with van der Waals surface area (Å²) in [7, 11) is -1.60. The molecule has 0 saturated heterocycles. The molecule has 0 amide bonds. The van der Waals surface area contributed by atoms with Crippen LogP contribution in [0.2, 0.25) is 0 Å². The van der Waals surface area contributed by atoms with E-state index in [1.807, 2.05) is 0 Å². The fourth-order valence-electron chi connectivity index (χ4n) is 1.21. The Labute approximate surface area is 95.4 Å². The molecule has 0 aliphatic carbocycles. The minimum absolute atomic E-state index is 0.136. The molecule has 2 N–H and O–H groups in total. The van der Waals surface area contributed by atoms with E-state index >= 15 is 0 Å². The van der Waals surface area contributed by atoms with E-state index in [1.165, 1.54) is 0 Å². The molecule has 0 aliphatic heterocycles. The first-order valence-electron chi connectivity index (χ1n) is 5.01. The highest BCUT2D eigenvalue weighted by atomic mass is 32.2. The van der Waals surface area contributed by atoms with Crippen molar-refractivity contribution in [1.29, 1.82) is 0 Å². The molecular formula is C9H17N3O3S. The maximum absolute atomic E-state index is 11.7. The Morgan fingerprint density at radius 3 is 2.75 bits per heavy atom. The molecule has 1 aromatic rings.